The van der Waals surface area contributed by atoms with Crippen LogP contribution in [0.2, 0.25) is 0 Å². The molecule has 1 aromatic heterocycles. The number of fused-ring (bicyclic) bond motifs is 1. The van der Waals surface area contributed by atoms with Gasteiger partial charge in [0.2, 0.25) is 0 Å². The van der Waals surface area contributed by atoms with Crippen molar-refractivity contribution in [1.82, 2.24) is 5.32 Å². The van der Waals surface area contributed by atoms with E-state index < -0.39 is 0 Å². The molecule has 2 aromatic carbocycles. The van der Waals surface area contributed by atoms with Crippen LogP contribution in [0, 0.1) is 6.92 Å². The molecule has 0 radical (unpaired) electrons. The van der Waals surface area contributed by atoms with Gasteiger partial charge in [-0.1, -0.05) is 29.8 Å². The maximum Gasteiger partial charge on any atom is 0.256 e. The molecule has 130 valence electrons. The summed E-state index contributed by atoms with van der Waals surface area (Å²) in [4.78, 5) is 18.3. The van der Waals surface area contributed by atoms with Crippen molar-refractivity contribution in [3.8, 4) is 0 Å². The number of anilines is 1. The van der Waals surface area contributed by atoms with E-state index in [-0.39, 0.29) is 5.91 Å². The van der Waals surface area contributed by atoms with E-state index in [1.807, 2.05) is 31.2 Å². The zero-order valence-corrected chi connectivity index (χ0v) is 15.3. The number of hydrogen-bond acceptors (Lipinski definition) is 4. The van der Waals surface area contributed by atoms with Crippen molar-refractivity contribution in [3.63, 3.8) is 0 Å². The number of hydrogen-bond donors (Lipinski definition) is 2. The summed E-state index contributed by atoms with van der Waals surface area (Å²) < 4.78 is 0. The predicted molar refractivity (Wildman–Crippen MR) is 107 cm³/mol. The van der Waals surface area contributed by atoms with E-state index in [2.05, 4.69) is 51.3 Å². The fraction of sp³-hybridized carbons (Fsp3) is 0.143. The number of thiophene rings is 1. The third-order valence-corrected chi connectivity index (χ3v) is 5.24. The first-order chi connectivity index (χ1) is 12.7. The summed E-state index contributed by atoms with van der Waals surface area (Å²) in [7, 11) is 0. The quantitative estimate of drug-likeness (QED) is 0.725. The molecule has 0 aliphatic carbocycles. The van der Waals surface area contributed by atoms with E-state index in [9.17, 15) is 4.79 Å². The molecule has 1 amide bonds. The number of amidine groups is 1. The highest BCUT2D eigenvalue weighted by molar-refractivity contribution is 7.09. The van der Waals surface area contributed by atoms with Gasteiger partial charge in [0.15, 0.2) is 0 Å². The lowest BCUT2D eigenvalue weighted by atomic mass is 10.1. The van der Waals surface area contributed by atoms with Crippen molar-refractivity contribution < 1.29 is 4.79 Å². The van der Waals surface area contributed by atoms with Crippen LogP contribution in [0.1, 0.15) is 31.9 Å². The summed E-state index contributed by atoms with van der Waals surface area (Å²) in [5.41, 5.74) is 4.91. The average molecular weight is 361 g/mol. The molecule has 26 heavy (non-hydrogen) atoms. The molecule has 2 N–H and O–H groups in total. The Labute approximate surface area is 156 Å². The van der Waals surface area contributed by atoms with Crippen molar-refractivity contribution in [1.29, 1.82) is 0 Å². The fourth-order valence-corrected chi connectivity index (χ4v) is 3.53. The summed E-state index contributed by atoms with van der Waals surface area (Å²) in [5.74, 6) is 0.513. The van der Waals surface area contributed by atoms with Crippen LogP contribution >= 0.6 is 11.3 Å². The molecule has 5 heteroatoms. The Hall–Kier alpha value is -2.92. The van der Waals surface area contributed by atoms with Crippen molar-refractivity contribution >= 4 is 28.8 Å². The topological polar surface area (TPSA) is 53.5 Å². The lowest BCUT2D eigenvalue weighted by Gasteiger charge is -2.10. The smallest absolute Gasteiger partial charge is 0.256 e. The first kappa shape index (κ1) is 16.5. The number of carbonyl (C=O) groups excluding carboxylic acids is 1. The first-order valence-electron chi connectivity index (χ1n) is 8.51. The minimum atomic E-state index is -0.131. The zero-order chi connectivity index (χ0) is 17.9. The summed E-state index contributed by atoms with van der Waals surface area (Å²) in [6.45, 7) is 3.40. The van der Waals surface area contributed by atoms with Gasteiger partial charge in [0.1, 0.15) is 5.84 Å². The van der Waals surface area contributed by atoms with Crippen LogP contribution in [0.3, 0.4) is 0 Å². The standard InChI is InChI=1S/C21H19N3OS/c1-14-4-6-15(7-5-14)21(25)24-20-19-11-17(9-8-16(19)12-23-20)22-13-18-3-2-10-26-18/h2-11,22H,12-13H2,1H3,(H,23,24,25). The largest absolute Gasteiger partial charge is 0.380 e. The monoisotopic (exact) mass is 361 g/mol. The van der Waals surface area contributed by atoms with Gasteiger partial charge in [-0.3, -0.25) is 9.79 Å². The predicted octanol–water partition coefficient (Wildman–Crippen LogP) is 4.36. The Balaban J connectivity index is 1.48. The number of nitrogens with zero attached hydrogens (tertiary/aromatic N) is 1. The third-order valence-electron chi connectivity index (χ3n) is 4.37. The molecule has 1 aliphatic rings. The summed E-state index contributed by atoms with van der Waals surface area (Å²) in [6.07, 6.45) is 0. The number of rotatable bonds is 4. The van der Waals surface area contributed by atoms with Gasteiger partial charge >= 0.3 is 0 Å². The SMILES string of the molecule is Cc1ccc(C(=O)NC2=NCc3ccc(NCc4cccs4)cc32)cc1. The number of aryl methyl sites for hydroxylation is 1. The number of aliphatic imine (C=N–C) groups is 1. The summed E-state index contributed by atoms with van der Waals surface area (Å²) in [6, 6.07) is 17.9. The first-order valence-corrected chi connectivity index (χ1v) is 9.39. The van der Waals surface area contributed by atoms with Crippen LogP contribution in [0.25, 0.3) is 0 Å². The lowest BCUT2D eigenvalue weighted by Crippen LogP contribution is -2.30. The maximum atomic E-state index is 12.5. The highest BCUT2D eigenvalue weighted by atomic mass is 32.1. The van der Waals surface area contributed by atoms with Crippen LogP contribution in [0.5, 0.6) is 0 Å². The van der Waals surface area contributed by atoms with Gasteiger partial charge in [0.05, 0.1) is 6.54 Å². The molecule has 0 saturated carbocycles. The number of carbonyl (C=O) groups is 1. The lowest BCUT2D eigenvalue weighted by molar-refractivity contribution is 0.0977. The Kier molecular flexibility index (Phi) is 4.54. The van der Waals surface area contributed by atoms with Gasteiger partial charge in [-0.15, -0.1) is 11.3 Å². The summed E-state index contributed by atoms with van der Waals surface area (Å²) in [5, 5.41) is 8.46. The third kappa shape index (κ3) is 3.53. The molecule has 0 spiro atoms. The van der Waals surface area contributed by atoms with Crippen LogP contribution in [0.15, 0.2) is 65.0 Å². The molecule has 2 heterocycles. The van der Waals surface area contributed by atoms with E-state index in [0.717, 1.165) is 28.9 Å². The van der Waals surface area contributed by atoms with Crippen molar-refractivity contribution in [3.05, 3.63) is 87.1 Å². The maximum absolute atomic E-state index is 12.5. The van der Waals surface area contributed by atoms with E-state index in [1.54, 1.807) is 11.3 Å². The van der Waals surface area contributed by atoms with Crippen molar-refractivity contribution in [2.75, 3.05) is 5.32 Å². The number of benzene rings is 2. The van der Waals surface area contributed by atoms with Crippen LogP contribution in [0.4, 0.5) is 5.69 Å². The van der Waals surface area contributed by atoms with Crippen molar-refractivity contribution in [2.24, 2.45) is 4.99 Å². The second-order valence-corrected chi connectivity index (χ2v) is 7.32. The van der Waals surface area contributed by atoms with Gasteiger partial charge in [0, 0.05) is 28.2 Å². The molecule has 0 saturated heterocycles. The fourth-order valence-electron chi connectivity index (χ4n) is 2.89. The van der Waals surface area contributed by atoms with Gasteiger partial charge in [-0.25, -0.2) is 0 Å². The normalized spacial score (nSPS) is 12.4. The molecule has 3 aromatic rings. The number of nitrogens with one attached hydrogen (secondary N) is 2. The highest BCUT2D eigenvalue weighted by Crippen LogP contribution is 2.23. The van der Waals surface area contributed by atoms with E-state index in [0.29, 0.717) is 17.9 Å². The van der Waals surface area contributed by atoms with Crippen LogP contribution in [-0.2, 0) is 13.1 Å². The minimum Gasteiger partial charge on any atom is -0.380 e. The van der Waals surface area contributed by atoms with Gasteiger partial charge in [0.25, 0.3) is 5.91 Å². The van der Waals surface area contributed by atoms with Gasteiger partial charge < -0.3 is 10.6 Å². The van der Waals surface area contributed by atoms with Gasteiger partial charge in [-0.2, -0.15) is 0 Å². The average Bonchev–Trinajstić information content (AvgIpc) is 3.30. The highest BCUT2D eigenvalue weighted by Gasteiger charge is 2.19. The molecule has 4 rings (SSSR count). The Morgan fingerprint density at radius 1 is 1.15 bits per heavy atom. The summed E-state index contributed by atoms with van der Waals surface area (Å²) >= 11 is 1.73. The van der Waals surface area contributed by atoms with E-state index in [4.69, 9.17) is 0 Å². The second-order valence-electron chi connectivity index (χ2n) is 6.29. The second kappa shape index (κ2) is 7.14. The number of amides is 1. The molecular formula is C21H19N3OS. The Morgan fingerprint density at radius 2 is 2.00 bits per heavy atom. The molecule has 0 atom stereocenters. The van der Waals surface area contributed by atoms with E-state index in [1.165, 1.54) is 4.88 Å². The minimum absolute atomic E-state index is 0.131. The van der Waals surface area contributed by atoms with E-state index >= 15 is 0 Å². The molecule has 0 bridgehead atoms. The Morgan fingerprint density at radius 3 is 2.77 bits per heavy atom. The molecule has 0 unspecified atom stereocenters. The van der Waals surface area contributed by atoms with Crippen molar-refractivity contribution in [2.45, 2.75) is 20.0 Å². The molecule has 1 aliphatic heterocycles. The zero-order valence-electron chi connectivity index (χ0n) is 14.5. The van der Waals surface area contributed by atoms with Gasteiger partial charge in [-0.05, 0) is 48.2 Å². The van der Waals surface area contributed by atoms with Crippen LogP contribution < -0.4 is 10.6 Å². The van der Waals surface area contributed by atoms with Crippen LogP contribution in [-0.4, -0.2) is 11.7 Å². The molecule has 0 fully saturated rings. The Bertz CT molecular complexity index is 959. The molecular weight excluding hydrogens is 342 g/mol. The molecule has 4 nitrogen and oxygen atoms in total.